The second-order valence-corrected chi connectivity index (χ2v) is 8.90. The lowest BCUT2D eigenvalue weighted by Crippen LogP contribution is -2.25. The molecule has 2 aromatic rings. The van der Waals surface area contributed by atoms with Crippen molar-refractivity contribution in [3.8, 4) is 0 Å². The number of ether oxygens (including phenoxy) is 1. The number of sulfone groups is 1. The first-order valence-electron chi connectivity index (χ1n) is 9.02. The molecule has 0 aromatic heterocycles. The lowest BCUT2D eigenvalue weighted by atomic mass is 10.0. The molecule has 0 N–H and O–H groups in total. The third-order valence-corrected chi connectivity index (χ3v) is 6.64. The minimum atomic E-state index is -3.57. The van der Waals surface area contributed by atoms with Gasteiger partial charge < -0.3 is 4.74 Å². The molecule has 0 saturated carbocycles. The molecule has 1 atom stereocenters. The Morgan fingerprint density at radius 3 is 2.52 bits per heavy atom. The monoisotopic (exact) mass is 386 g/mol. The van der Waals surface area contributed by atoms with Gasteiger partial charge in [0, 0.05) is 5.56 Å². The molecule has 0 spiro atoms. The summed E-state index contributed by atoms with van der Waals surface area (Å²) in [4.78, 5) is 25.1. The summed E-state index contributed by atoms with van der Waals surface area (Å²) in [6, 6.07) is 11.5. The van der Waals surface area contributed by atoms with Gasteiger partial charge in [0.1, 0.15) is 0 Å². The van der Waals surface area contributed by atoms with Gasteiger partial charge in [0.2, 0.25) is 5.78 Å². The summed E-state index contributed by atoms with van der Waals surface area (Å²) in [6.45, 7) is 3.02. The first-order valence-corrected chi connectivity index (χ1v) is 10.7. The number of benzene rings is 2. The van der Waals surface area contributed by atoms with Crippen LogP contribution < -0.4 is 0 Å². The van der Waals surface area contributed by atoms with Gasteiger partial charge in [-0.05, 0) is 55.5 Å². The highest BCUT2D eigenvalue weighted by atomic mass is 32.2. The second-order valence-electron chi connectivity index (χ2n) is 6.65. The summed E-state index contributed by atoms with van der Waals surface area (Å²) < 4.78 is 29.7. The maximum Gasteiger partial charge on any atom is 0.340 e. The zero-order chi connectivity index (χ0) is 19.6. The third-order valence-electron chi connectivity index (χ3n) is 4.86. The van der Waals surface area contributed by atoms with Crippen molar-refractivity contribution in [3.63, 3.8) is 0 Å². The summed E-state index contributed by atoms with van der Waals surface area (Å²) in [5.74, 6) is -1.24. The van der Waals surface area contributed by atoms with Crippen LogP contribution in [-0.4, -0.2) is 32.0 Å². The summed E-state index contributed by atoms with van der Waals surface area (Å²) in [5.41, 5.74) is 2.88. The van der Waals surface area contributed by atoms with Crippen LogP contribution in [0.15, 0.2) is 47.4 Å². The first-order chi connectivity index (χ1) is 12.8. The van der Waals surface area contributed by atoms with Crippen LogP contribution in [0.5, 0.6) is 0 Å². The van der Waals surface area contributed by atoms with Gasteiger partial charge in [0.15, 0.2) is 15.9 Å². The molecule has 0 aliphatic heterocycles. The van der Waals surface area contributed by atoms with Gasteiger partial charge >= 0.3 is 5.97 Å². The number of hydrogen-bond donors (Lipinski definition) is 0. The molecular formula is C21H22O5S. The molecule has 0 heterocycles. The lowest BCUT2D eigenvalue weighted by Gasteiger charge is -2.15. The van der Waals surface area contributed by atoms with E-state index in [1.54, 1.807) is 18.2 Å². The molecule has 27 heavy (non-hydrogen) atoms. The number of hydrogen-bond acceptors (Lipinski definition) is 5. The van der Waals surface area contributed by atoms with Gasteiger partial charge in [-0.2, -0.15) is 0 Å². The number of Topliss-reactive ketones (excluding diaryl/α,β-unsaturated/α-hetero) is 1. The van der Waals surface area contributed by atoms with Crippen molar-refractivity contribution in [2.45, 2.75) is 44.1 Å². The first kappa shape index (κ1) is 19.3. The molecule has 0 bridgehead atoms. The van der Waals surface area contributed by atoms with Gasteiger partial charge in [0.25, 0.3) is 0 Å². The van der Waals surface area contributed by atoms with E-state index in [9.17, 15) is 18.0 Å². The quantitative estimate of drug-likeness (QED) is 0.562. The predicted molar refractivity (Wildman–Crippen MR) is 102 cm³/mol. The molecule has 1 aliphatic carbocycles. The van der Waals surface area contributed by atoms with E-state index < -0.39 is 21.9 Å². The third kappa shape index (κ3) is 3.95. The topological polar surface area (TPSA) is 77.5 Å². The van der Waals surface area contributed by atoms with E-state index in [0.29, 0.717) is 5.56 Å². The largest absolute Gasteiger partial charge is 0.451 e. The normalized spacial score (nSPS) is 14.4. The molecule has 0 unspecified atom stereocenters. The highest BCUT2D eigenvalue weighted by Crippen LogP contribution is 2.24. The summed E-state index contributed by atoms with van der Waals surface area (Å²) in [7, 11) is -3.57. The van der Waals surface area contributed by atoms with Crippen molar-refractivity contribution >= 4 is 21.6 Å². The Balaban J connectivity index is 1.79. The highest BCUT2D eigenvalue weighted by Gasteiger charge is 2.26. The van der Waals surface area contributed by atoms with Crippen LogP contribution in [0.25, 0.3) is 0 Å². The van der Waals surface area contributed by atoms with Crippen molar-refractivity contribution in [1.82, 2.24) is 0 Å². The van der Waals surface area contributed by atoms with Crippen LogP contribution in [-0.2, 0) is 27.4 Å². The van der Waals surface area contributed by atoms with Gasteiger partial charge in [-0.1, -0.05) is 31.2 Å². The van der Waals surface area contributed by atoms with Gasteiger partial charge in [0.05, 0.1) is 16.2 Å². The van der Waals surface area contributed by atoms with Crippen LogP contribution in [0.2, 0.25) is 0 Å². The fourth-order valence-corrected chi connectivity index (χ4v) is 4.38. The molecule has 2 aromatic carbocycles. The second kappa shape index (κ2) is 7.64. The highest BCUT2D eigenvalue weighted by molar-refractivity contribution is 7.91. The van der Waals surface area contributed by atoms with Crippen molar-refractivity contribution < 1.29 is 22.7 Å². The van der Waals surface area contributed by atoms with E-state index in [4.69, 9.17) is 4.74 Å². The van der Waals surface area contributed by atoms with Crippen LogP contribution in [0, 0.1) is 0 Å². The minimum absolute atomic E-state index is 0.0482. The van der Waals surface area contributed by atoms with Gasteiger partial charge in [-0.15, -0.1) is 0 Å². The van der Waals surface area contributed by atoms with E-state index in [-0.39, 0.29) is 22.0 Å². The number of carbonyl (C=O) groups is 2. The number of ketones is 1. The van der Waals surface area contributed by atoms with Crippen LogP contribution in [0.1, 0.15) is 52.1 Å². The van der Waals surface area contributed by atoms with E-state index >= 15 is 0 Å². The fourth-order valence-electron chi connectivity index (χ4n) is 3.30. The summed E-state index contributed by atoms with van der Waals surface area (Å²) in [6.07, 6.45) is 2.05. The average molecular weight is 386 g/mol. The zero-order valence-electron chi connectivity index (χ0n) is 15.4. The molecule has 142 valence electrons. The summed E-state index contributed by atoms with van der Waals surface area (Å²) in [5, 5.41) is 0. The Morgan fingerprint density at radius 2 is 1.78 bits per heavy atom. The SMILES string of the molecule is CCS(=O)(=O)c1ccccc1C(=O)O[C@H](C)C(=O)c1ccc2c(c1)CCC2. The number of rotatable bonds is 6. The number of esters is 1. The van der Waals surface area contributed by atoms with E-state index in [2.05, 4.69) is 0 Å². The van der Waals surface area contributed by atoms with E-state index in [1.807, 2.05) is 12.1 Å². The molecular weight excluding hydrogens is 364 g/mol. The van der Waals surface area contributed by atoms with Gasteiger partial charge in [-0.25, -0.2) is 13.2 Å². The molecule has 0 saturated heterocycles. The maximum atomic E-state index is 12.7. The van der Waals surface area contributed by atoms with Crippen molar-refractivity contribution in [1.29, 1.82) is 0 Å². The standard InChI is InChI=1S/C21H22O5S/c1-3-27(24,25)19-10-5-4-9-18(19)21(23)26-14(2)20(22)17-12-11-15-7-6-8-16(15)13-17/h4-5,9-14H,3,6-8H2,1-2H3/t14-/m1/s1. The maximum absolute atomic E-state index is 12.7. The van der Waals surface area contributed by atoms with Crippen molar-refractivity contribution in [2.75, 3.05) is 5.75 Å². The lowest BCUT2D eigenvalue weighted by molar-refractivity contribution is 0.0315. The Hall–Kier alpha value is -2.47. The van der Waals surface area contributed by atoms with E-state index in [1.165, 1.54) is 37.1 Å². The minimum Gasteiger partial charge on any atom is -0.451 e. The fraction of sp³-hybridized carbons (Fsp3) is 0.333. The average Bonchev–Trinajstić information content (AvgIpc) is 3.15. The molecule has 0 amide bonds. The van der Waals surface area contributed by atoms with Crippen molar-refractivity contribution in [3.05, 3.63) is 64.7 Å². The molecule has 1 aliphatic rings. The Labute approximate surface area is 159 Å². The Bertz CT molecular complexity index is 991. The van der Waals surface area contributed by atoms with Gasteiger partial charge in [-0.3, -0.25) is 4.79 Å². The smallest absolute Gasteiger partial charge is 0.340 e. The molecule has 6 heteroatoms. The zero-order valence-corrected chi connectivity index (χ0v) is 16.2. The van der Waals surface area contributed by atoms with E-state index in [0.717, 1.165) is 19.3 Å². The van der Waals surface area contributed by atoms with Crippen LogP contribution in [0.3, 0.4) is 0 Å². The molecule has 0 fully saturated rings. The Morgan fingerprint density at radius 1 is 1.07 bits per heavy atom. The number of carbonyl (C=O) groups excluding carboxylic acids is 2. The van der Waals surface area contributed by atoms with Crippen LogP contribution >= 0.6 is 0 Å². The summed E-state index contributed by atoms with van der Waals surface area (Å²) >= 11 is 0. The molecule has 5 nitrogen and oxygen atoms in total. The van der Waals surface area contributed by atoms with Crippen molar-refractivity contribution in [2.24, 2.45) is 0 Å². The molecule has 3 rings (SSSR count). The molecule has 0 radical (unpaired) electrons. The number of aryl methyl sites for hydroxylation is 2. The number of fused-ring (bicyclic) bond motifs is 1. The Kier molecular flexibility index (Phi) is 5.46. The van der Waals surface area contributed by atoms with Crippen LogP contribution in [0.4, 0.5) is 0 Å². The predicted octanol–water partition coefficient (Wildman–Crippen LogP) is 3.40.